The molecule has 0 aromatic heterocycles. The van der Waals surface area contributed by atoms with E-state index < -0.39 is 0 Å². The average Bonchev–Trinajstić information content (AvgIpc) is 2.81. The van der Waals surface area contributed by atoms with Crippen molar-refractivity contribution in [1.82, 2.24) is 14.7 Å². The number of amides is 2. The van der Waals surface area contributed by atoms with Gasteiger partial charge in [0.25, 0.3) is 0 Å². The number of likely N-dealkylation sites (N-methyl/N-ethyl adjacent to an activating group) is 1. The first-order chi connectivity index (χ1) is 12.8. The molecule has 1 aliphatic heterocycles. The summed E-state index contributed by atoms with van der Waals surface area (Å²) in [5.74, 6) is 0.0720. The first-order valence-corrected chi connectivity index (χ1v) is 9.89. The highest BCUT2D eigenvalue weighted by atomic mass is 19.1. The van der Waals surface area contributed by atoms with E-state index in [-0.39, 0.29) is 29.6 Å². The molecule has 1 heterocycles. The number of rotatable bonds is 7. The molecule has 0 bridgehead atoms. The Bertz CT molecular complexity index is 629. The highest BCUT2D eigenvalue weighted by Gasteiger charge is 2.33. The van der Waals surface area contributed by atoms with Crippen LogP contribution < -0.4 is 0 Å². The predicted molar refractivity (Wildman–Crippen MR) is 105 cm³/mol. The van der Waals surface area contributed by atoms with Crippen molar-refractivity contribution in [1.29, 1.82) is 0 Å². The summed E-state index contributed by atoms with van der Waals surface area (Å²) in [7, 11) is 0. The van der Waals surface area contributed by atoms with E-state index in [4.69, 9.17) is 0 Å². The van der Waals surface area contributed by atoms with Crippen LogP contribution in [0.4, 0.5) is 4.39 Å². The molecular formula is C21H32FN3O2. The third-order valence-electron chi connectivity index (χ3n) is 5.37. The van der Waals surface area contributed by atoms with Gasteiger partial charge in [0.15, 0.2) is 0 Å². The van der Waals surface area contributed by atoms with E-state index in [1.165, 1.54) is 12.1 Å². The van der Waals surface area contributed by atoms with Gasteiger partial charge in [0.1, 0.15) is 5.82 Å². The van der Waals surface area contributed by atoms with Crippen LogP contribution in [0.3, 0.4) is 0 Å². The summed E-state index contributed by atoms with van der Waals surface area (Å²) in [4.78, 5) is 31.4. The van der Waals surface area contributed by atoms with Crippen molar-refractivity contribution in [3.63, 3.8) is 0 Å². The summed E-state index contributed by atoms with van der Waals surface area (Å²) >= 11 is 0. The summed E-state index contributed by atoms with van der Waals surface area (Å²) in [6.45, 7) is 11.8. The fourth-order valence-corrected chi connectivity index (χ4v) is 3.50. The van der Waals surface area contributed by atoms with E-state index in [0.29, 0.717) is 32.6 Å². The van der Waals surface area contributed by atoms with Crippen molar-refractivity contribution >= 4 is 11.8 Å². The molecule has 1 aromatic rings. The van der Waals surface area contributed by atoms with Crippen molar-refractivity contribution in [2.45, 2.75) is 46.7 Å². The van der Waals surface area contributed by atoms with Crippen LogP contribution >= 0.6 is 0 Å². The zero-order chi connectivity index (χ0) is 20.0. The molecule has 6 heteroatoms. The molecule has 2 rings (SSSR count). The third kappa shape index (κ3) is 5.76. The summed E-state index contributed by atoms with van der Waals surface area (Å²) in [6, 6.07) is 6.22. The third-order valence-corrected chi connectivity index (χ3v) is 5.37. The molecule has 1 fully saturated rings. The first-order valence-electron chi connectivity index (χ1n) is 9.89. The molecule has 0 N–H and O–H groups in total. The zero-order valence-corrected chi connectivity index (χ0v) is 16.9. The van der Waals surface area contributed by atoms with Crippen LogP contribution in [0.15, 0.2) is 24.3 Å². The van der Waals surface area contributed by atoms with Gasteiger partial charge in [-0.1, -0.05) is 39.8 Å². The molecule has 1 unspecified atom stereocenters. The first kappa shape index (κ1) is 21.4. The Balaban J connectivity index is 2.15. The second-order valence-electron chi connectivity index (χ2n) is 7.51. The highest BCUT2D eigenvalue weighted by Crippen LogP contribution is 2.21. The summed E-state index contributed by atoms with van der Waals surface area (Å²) in [6.07, 6.45) is 0.328. The van der Waals surface area contributed by atoms with Crippen LogP contribution in [-0.2, 0) is 16.1 Å². The van der Waals surface area contributed by atoms with Gasteiger partial charge in [-0.05, 0) is 36.7 Å². The fourth-order valence-electron chi connectivity index (χ4n) is 3.50. The number of hydrogen-bond acceptors (Lipinski definition) is 3. The summed E-state index contributed by atoms with van der Waals surface area (Å²) < 4.78 is 13.2. The van der Waals surface area contributed by atoms with Crippen molar-refractivity contribution in [2.75, 3.05) is 32.7 Å². The minimum absolute atomic E-state index is 0.0503. The lowest BCUT2D eigenvalue weighted by molar-refractivity contribution is -0.134. The largest absolute Gasteiger partial charge is 0.339 e. The maximum Gasteiger partial charge on any atom is 0.236 e. The second-order valence-corrected chi connectivity index (χ2v) is 7.51. The van der Waals surface area contributed by atoms with Gasteiger partial charge in [-0.2, -0.15) is 0 Å². The van der Waals surface area contributed by atoms with Crippen molar-refractivity contribution in [3.05, 3.63) is 35.6 Å². The van der Waals surface area contributed by atoms with Gasteiger partial charge in [0, 0.05) is 26.1 Å². The molecule has 2 amide bonds. The Kier molecular flexibility index (Phi) is 7.78. The van der Waals surface area contributed by atoms with Gasteiger partial charge in [-0.15, -0.1) is 0 Å². The number of benzene rings is 1. The number of hydrogen-bond donors (Lipinski definition) is 0. The number of carbonyl (C=O) groups excluding carboxylic acids is 2. The standard InChI is InChI=1S/C21H32FN3O2/c1-5-23(6-2)15-21(27)24-12-11-20(26)25(19(14-24)16(3)4)13-17-7-9-18(22)10-8-17/h7-10,16,19H,5-6,11-15H2,1-4H3. The van der Waals surface area contributed by atoms with E-state index in [0.717, 1.165) is 18.7 Å². The van der Waals surface area contributed by atoms with E-state index in [2.05, 4.69) is 18.7 Å². The number of nitrogens with zero attached hydrogens (tertiary/aromatic N) is 3. The molecule has 1 atom stereocenters. The molecule has 0 spiro atoms. The van der Waals surface area contributed by atoms with Gasteiger partial charge in [-0.25, -0.2) is 4.39 Å². The maximum atomic E-state index is 13.2. The average molecular weight is 378 g/mol. The van der Waals surface area contributed by atoms with Crippen molar-refractivity contribution in [2.24, 2.45) is 5.92 Å². The highest BCUT2D eigenvalue weighted by molar-refractivity contribution is 5.81. The van der Waals surface area contributed by atoms with Gasteiger partial charge in [0.05, 0.1) is 12.6 Å². The lowest BCUT2D eigenvalue weighted by Crippen LogP contribution is -2.48. The molecule has 0 radical (unpaired) electrons. The van der Waals surface area contributed by atoms with Crippen LogP contribution in [0.1, 0.15) is 39.7 Å². The van der Waals surface area contributed by atoms with Crippen molar-refractivity contribution in [3.8, 4) is 0 Å². The monoisotopic (exact) mass is 377 g/mol. The second kappa shape index (κ2) is 9.83. The van der Waals surface area contributed by atoms with Crippen LogP contribution in [0.25, 0.3) is 0 Å². The quantitative estimate of drug-likeness (QED) is 0.734. The molecule has 27 heavy (non-hydrogen) atoms. The molecule has 1 saturated heterocycles. The Morgan fingerprint density at radius 3 is 2.41 bits per heavy atom. The van der Waals surface area contributed by atoms with Gasteiger partial charge >= 0.3 is 0 Å². The zero-order valence-electron chi connectivity index (χ0n) is 16.9. The number of halogens is 1. The minimum Gasteiger partial charge on any atom is -0.339 e. The van der Waals surface area contributed by atoms with Gasteiger partial charge in [-0.3, -0.25) is 14.5 Å². The molecule has 0 saturated carbocycles. The Labute approximate surface area is 162 Å². The summed E-state index contributed by atoms with van der Waals surface area (Å²) in [5, 5.41) is 0. The van der Waals surface area contributed by atoms with Crippen LogP contribution in [-0.4, -0.2) is 65.3 Å². The Morgan fingerprint density at radius 2 is 1.85 bits per heavy atom. The molecule has 1 aliphatic rings. The minimum atomic E-state index is -0.283. The summed E-state index contributed by atoms with van der Waals surface area (Å²) in [5.41, 5.74) is 0.901. The normalized spacial score (nSPS) is 18.3. The maximum absolute atomic E-state index is 13.2. The molecule has 0 aliphatic carbocycles. The van der Waals surface area contributed by atoms with E-state index in [1.807, 2.05) is 23.6 Å². The van der Waals surface area contributed by atoms with E-state index in [9.17, 15) is 14.0 Å². The number of carbonyl (C=O) groups is 2. The van der Waals surface area contributed by atoms with Gasteiger partial charge < -0.3 is 9.80 Å². The van der Waals surface area contributed by atoms with Gasteiger partial charge in [0.2, 0.25) is 11.8 Å². The van der Waals surface area contributed by atoms with Crippen molar-refractivity contribution < 1.29 is 14.0 Å². The van der Waals surface area contributed by atoms with Crippen LogP contribution in [0, 0.1) is 11.7 Å². The topological polar surface area (TPSA) is 43.9 Å². The Morgan fingerprint density at radius 1 is 1.22 bits per heavy atom. The molecular weight excluding hydrogens is 345 g/mol. The predicted octanol–water partition coefficient (Wildman–Crippen LogP) is 2.75. The smallest absolute Gasteiger partial charge is 0.236 e. The molecule has 5 nitrogen and oxygen atoms in total. The Hall–Kier alpha value is -1.95. The molecule has 1 aromatic carbocycles. The fraction of sp³-hybridized carbons (Fsp3) is 0.619. The van der Waals surface area contributed by atoms with E-state index >= 15 is 0 Å². The molecule has 150 valence electrons. The lowest BCUT2D eigenvalue weighted by atomic mass is 10.0. The van der Waals surface area contributed by atoms with E-state index in [1.54, 1.807) is 12.1 Å². The van der Waals surface area contributed by atoms with Crippen LogP contribution in [0.5, 0.6) is 0 Å². The van der Waals surface area contributed by atoms with Crippen LogP contribution in [0.2, 0.25) is 0 Å². The SMILES string of the molecule is CCN(CC)CC(=O)N1CCC(=O)N(Cc2ccc(F)cc2)C(C(C)C)C1. The lowest BCUT2D eigenvalue weighted by Gasteiger charge is -2.35.